The maximum Gasteiger partial charge on any atom is 0.244 e. The summed E-state index contributed by atoms with van der Waals surface area (Å²) >= 11 is 1.69. The van der Waals surface area contributed by atoms with Gasteiger partial charge >= 0.3 is 0 Å². The predicted molar refractivity (Wildman–Crippen MR) is 116 cm³/mol. The van der Waals surface area contributed by atoms with Gasteiger partial charge in [-0.1, -0.05) is 30.3 Å². The van der Waals surface area contributed by atoms with Crippen LogP contribution in [0.15, 0.2) is 54.4 Å². The Morgan fingerprint density at radius 2 is 2.10 bits per heavy atom. The molecule has 0 unspecified atom stereocenters. The van der Waals surface area contributed by atoms with Crippen molar-refractivity contribution >= 4 is 23.2 Å². The van der Waals surface area contributed by atoms with Gasteiger partial charge in [-0.05, 0) is 41.8 Å². The topological polar surface area (TPSA) is 80.1 Å². The lowest BCUT2D eigenvalue weighted by Crippen LogP contribution is -2.54. The van der Waals surface area contributed by atoms with Crippen molar-refractivity contribution in [2.24, 2.45) is 5.41 Å². The molecular formula is C22H25N5O2S. The zero-order valence-electron chi connectivity index (χ0n) is 17.0. The van der Waals surface area contributed by atoms with E-state index in [-0.39, 0.29) is 18.4 Å². The molecule has 0 aliphatic carbocycles. The van der Waals surface area contributed by atoms with Crippen molar-refractivity contribution in [3.8, 4) is 10.4 Å². The predicted octanol–water partition coefficient (Wildman–Crippen LogP) is 2.60. The number of amides is 2. The Morgan fingerprint density at radius 1 is 1.23 bits per heavy atom. The molecule has 2 amide bonds. The van der Waals surface area contributed by atoms with Crippen LogP contribution in [0.3, 0.4) is 0 Å². The molecule has 7 nitrogen and oxygen atoms in total. The minimum absolute atomic E-state index is 0.0123. The van der Waals surface area contributed by atoms with E-state index in [1.54, 1.807) is 23.3 Å². The van der Waals surface area contributed by atoms with E-state index in [1.807, 2.05) is 18.2 Å². The van der Waals surface area contributed by atoms with Crippen molar-refractivity contribution in [2.45, 2.75) is 25.8 Å². The quantitative estimate of drug-likeness (QED) is 0.661. The van der Waals surface area contributed by atoms with Crippen LogP contribution in [0.2, 0.25) is 0 Å². The molecule has 8 heteroatoms. The summed E-state index contributed by atoms with van der Waals surface area (Å²) in [6.07, 6.45) is 5.08. The zero-order valence-corrected chi connectivity index (χ0v) is 17.8. The van der Waals surface area contributed by atoms with Crippen LogP contribution < -0.4 is 5.32 Å². The van der Waals surface area contributed by atoms with Crippen LogP contribution in [0.4, 0.5) is 0 Å². The van der Waals surface area contributed by atoms with Gasteiger partial charge in [0.05, 0.1) is 5.41 Å². The minimum atomic E-state index is -0.654. The van der Waals surface area contributed by atoms with Crippen molar-refractivity contribution in [3.05, 3.63) is 60.0 Å². The summed E-state index contributed by atoms with van der Waals surface area (Å²) in [5.74, 6) is -0.0539. The first-order chi connectivity index (χ1) is 14.6. The second-order valence-electron chi connectivity index (χ2n) is 7.68. The third-order valence-corrected chi connectivity index (χ3v) is 6.64. The summed E-state index contributed by atoms with van der Waals surface area (Å²) in [6.45, 7) is 1.19. The maximum absolute atomic E-state index is 13.1. The van der Waals surface area contributed by atoms with E-state index in [2.05, 4.69) is 39.0 Å². The van der Waals surface area contributed by atoms with Crippen molar-refractivity contribution in [1.82, 2.24) is 25.0 Å². The fourth-order valence-corrected chi connectivity index (χ4v) is 5.07. The smallest absolute Gasteiger partial charge is 0.244 e. The Bertz CT molecular complexity index is 1000. The molecule has 0 bridgehead atoms. The summed E-state index contributed by atoms with van der Waals surface area (Å²) in [5, 5.41) is 8.94. The Labute approximate surface area is 179 Å². The van der Waals surface area contributed by atoms with Gasteiger partial charge in [0, 0.05) is 25.0 Å². The number of aromatic nitrogens is 3. The molecule has 1 N–H and O–H groups in total. The van der Waals surface area contributed by atoms with Gasteiger partial charge in [-0.2, -0.15) is 5.10 Å². The van der Waals surface area contributed by atoms with Gasteiger partial charge in [-0.3, -0.25) is 9.59 Å². The Hall–Kier alpha value is -3.00. The molecular weight excluding hydrogens is 398 g/mol. The molecule has 1 aliphatic heterocycles. The normalized spacial score (nSPS) is 18.9. The monoisotopic (exact) mass is 423 g/mol. The Morgan fingerprint density at radius 3 is 2.83 bits per heavy atom. The Kier molecular flexibility index (Phi) is 5.94. The van der Waals surface area contributed by atoms with E-state index < -0.39 is 5.41 Å². The highest BCUT2D eigenvalue weighted by molar-refractivity contribution is 7.13. The molecule has 156 valence electrons. The van der Waals surface area contributed by atoms with Gasteiger partial charge in [0.25, 0.3) is 0 Å². The van der Waals surface area contributed by atoms with Crippen LogP contribution in [0, 0.1) is 5.41 Å². The summed E-state index contributed by atoms with van der Waals surface area (Å²) in [5.41, 5.74) is 1.63. The fourth-order valence-electron chi connectivity index (χ4n) is 4.28. The van der Waals surface area contributed by atoms with Crippen molar-refractivity contribution in [1.29, 1.82) is 0 Å². The third kappa shape index (κ3) is 4.14. The Balaban J connectivity index is 1.61. The molecule has 3 heterocycles. The number of likely N-dealkylation sites (tertiary alicyclic amines) is 1. The highest BCUT2D eigenvalue weighted by Gasteiger charge is 2.43. The lowest BCUT2D eigenvalue weighted by molar-refractivity contribution is -0.141. The molecule has 3 aromatic rings. The molecule has 0 spiro atoms. The van der Waals surface area contributed by atoms with Crippen LogP contribution in [-0.4, -0.2) is 51.6 Å². The van der Waals surface area contributed by atoms with E-state index in [1.165, 1.54) is 22.2 Å². The molecule has 0 radical (unpaired) electrons. The SMILES string of the molecule is CNC(=O)[C@@]1(Cc2ccccc2-c2cccs2)CCCN(C(=O)Cn2cncn2)C1. The highest BCUT2D eigenvalue weighted by atomic mass is 32.1. The molecule has 0 saturated carbocycles. The summed E-state index contributed by atoms with van der Waals surface area (Å²) in [7, 11) is 1.67. The van der Waals surface area contributed by atoms with Crippen molar-refractivity contribution in [3.63, 3.8) is 0 Å². The standard InChI is InChI=1S/C22H25N5O2S/c1-23-21(29)22(12-17-6-2-3-7-18(17)19-8-4-11-30-19)9-5-10-26(14-22)20(28)13-27-16-24-15-25-27/h2-4,6-8,11,15-16H,5,9-10,12-14H2,1H3,(H,23,29)/t22-/m1/s1. The van der Waals surface area contributed by atoms with Crippen LogP contribution in [-0.2, 0) is 22.6 Å². The summed E-state index contributed by atoms with van der Waals surface area (Å²) in [6, 6.07) is 12.4. The molecule has 2 aromatic heterocycles. The molecule has 1 fully saturated rings. The first-order valence-electron chi connectivity index (χ1n) is 10.1. The van der Waals surface area contributed by atoms with Crippen LogP contribution in [0.1, 0.15) is 18.4 Å². The molecule has 1 atom stereocenters. The number of nitrogens with zero attached hydrogens (tertiary/aromatic N) is 4. The average molecular weight is 424 g/mol. The van der Waals surface area contributed by atoms with Gasteiger partial charge in [0.15, 0.2) is 0 Å². The molecule has 30 heavy (non-hydrogen) atoms. The first kappa shape index (κ1) is 20.3. The van der Waals surface area contributed by atoms with E-state index in [0.29, 0.717) is 19.5 Å². The second-order valence-corrected chi connectivity index (χ2v) is 8.63. The minimum Gasteiger partial charge on any atom is -0.359 e. The number of hydrogen-bond donors (Lipinski definition) is 1. The molecule has 1 aromatic carbocycles. The lowest BCUT2D eigenvalue weighted by Gasteiger charge is -2.42. The number of carbonyl (C=O) groups excluding carboxylic acids is 2. The van der Waals surface area contributed by atoms with E-state index in [4.69, 9.17) is 0 Å². The van der Waals surface area contributed by atoms with E-state index >= 15 is 0 Å². The number of thiophene rings is 1. The second kappa shape index (κ2) is 8.79. The first-order valence-corrected chi connectivity index (χ1v) is 10.9. The van der Waals surface area contributed by atoms with Gasteiger partial charge in [-0.15, -0.1) is 11.3 Å². The average Bonchev–Trinajstić information content (AvgIpc) is 3.48. The van der Waals surface area contributed by atoms with Gasteiger partial charge in [0.1, 0.15) is 19.2 Å². The van der Waals surface area contributed by atoms with Crippen molar-refractivity contribution < 1.29 is 9.59 Å². The molecule has 1 aliphatic rings. The number of piperidine rings is 1. The number of rotatable bonds is 6. The summed E-state index contributed by atoms with van der Waals surface area (Å²) in [4.78, 5) is 32.9. The van der Waals surface area contributed by atoms with Gasteiger partial charge in [-0.25, -0.2) is 9.67 Å². The molecule has 1 saturated heterocycles. The fraction of sp³-hybridized carbons (Fsp3) is 0.364. The number of benzene rings is 1. The van der Waals surface area contributed by atoms with Gasteiger partial charge < -0.3 is 10.2 Å². The lowest BCUT2D eigenvalue weighted by atomic mass is 9.73. The van der Waals surface area contributed by atoms with Crippen LogP contribution in [0.25, 0.3) is 10.4 Å². The van der Waals surface area contributed by atoms with Crippen LogP contribution >= 0.6 is 11.3 Å². The zero-order chi connectivity index (χ0) is 21.0. The maximum atomic E-state index is 13.1. The third-order valence-electron chi connectivity index (χ3n) is 5.73. The molecule has 4 rings (SSSR count). The number of hydrogen-bond acceptors (Lipinski definition) is 5. The van der Waals surface area contributed by atoms with E-state index in [9.17, 15) is 9.59 Å². The van der Waals surface area contributed by atoms with Crippen LogP contribution in [0.5, 0.6) is 0 Å². The largest absolute Gasteiger partial charge is 0.359 e. The van der Waals surface area contributed by atoms with Gasteiger partial charge in [0.2, 0.25) is 11.8 Å². The number of nitrogens with one attached hydrogen (secondary N) is 1. The van der Waals surface area contributed by atoms with Crippen molar-refractivity contribution in [2.75, 3.05) is 20.1 Å². The number of carbonyl (C=O) groups is 2. The van der Waals surface area contributed by atoms with E-state index in [0.717, 1.165) is 24.0 Å². The summed E-state index contributed by atoms with van der Waals surface area (Å²) < 4.78 is 1.52. The highest BCUT2D eigenvalue weighted by Crippen LogP contribution is 2.38.